The Hall–Kier alpha value is -0.790. The number of carboxylic acid groups (broad SMARTS) is 1. The Kier molecular flexibility index (Phi) is 5.68. The zero-order valence-corrected chi connectivity index (χ0v) is 12.5. The molecule has 0 aromatic heterocycles. The number of nitrogens with one attached hydrogen (secondary N) is 1. The lowest BCUT2D eigenvalue weighted by molar-refractivity contribution is -0.149. The van der Waals surface area contributed by atoms with Gasteiger partial charge in [0.1, 0.15) is 6.04 Å². The number of nitrogens with zero attached hydrogens (tertiary/aromatic N) is 1. The molecule has 0 saturated carbocycles. The first-order chi connectivity index (χ1) is 9.59. The average Bonchev–Trinajstić information content (AvgIpc) is 2.82. The standard InChI is InChI=1S/C13H22N2O4S/c1-9-15(11(8-20-9)13(17)18)12(16)4-7-19-10-2-5-14-6-3-10/h9-11,14H,2-8H2,1H3,(H,17,18). The van der Waals surface area contributed by atoms with E-state index in [1.54, 1.807) is 0 Å². The lowest BCUT2D eigenvalue weighted by Crippen LogP contribution is -2.45. The van der Waals surface area contributed by atoms with Crippen molar-refractivity contribution in [1.29, 1.82) is 0 Å². The van der Waals surface area contributed by atoms with Gasteiger partial charge in [-0.05, 0) is 32.9 Å². The topological polar surface area (TPSA) is 78.9 Å². The van der Waals surface area contributed by atoms with Gasteiger partial charge in [0.2, 0.25) is 5.91 Å². The second-order valence-corrected chi connectivity index (χ2v) is 6.51. The van der Waals surface area contributed by atoms with Gasteiger partial charge in [0.15, 0.2) is 0 Å². The van der Waals surface area contributed by atoms with E-state index in [0.717, 1.165) is 25.9 Å². The Labute approximate surface area is 123 Å². The molecule has 2 heterocycles. The Morgan fingerprint density at radius 1 is 1.40 bits per heavy atom. The first-order valence-electron chi connectivity index (χ1n) is 7.07. The third-order valence-corrected chi connectivity index (χ3v) is 4.97. The smallest absolute Gasteiger partial charge is 0.327 e. The van der Waals surface area contributed by atoms with E-state index >= 15 is 0 Å². The highest BCUT2D eigenvalue weighted by atomic mass is 32.2. The van der Waals surface area contributed by atoms with E-state index in [9.17, 15) is 9.59 Å². The summed E-state index contributed by atoms with van der Waals surface area (Å²) in [5.74, 6) is -0.574. The molecular weight excluding hydrogens is 280 g/mol. The monoisotopic (exact) mass is 302 g/mol. The SMILES string of the molecule is CC1SCC(C(=O)O)N1C(=O)CCOC1CCNCC1. The predicted octanol–water partition coefficient (Wildman–Crippen LogP) is 0.520. The quantitative estimate of drug-likeness (QED) is 0.771. The van der Waals surface area contributed by atoms with Crippen LogP contribution >= 0.6 is 11.8 Å². The summed E-state index contributed by atoms with van der Waals surface area (Å²) in [4.78, 5) is 24.8. The Balaban J connectivity index is 1.76. The number of ether oxygens (including phenoxy) is 1. The van der Waals surface area contributed by atoms with Crippen molar-refractivity contribution in [2.24, 2.45) is 0 Å². The number of piperidine rings is 1. The Morgan fingerprint density at radius 2 is 2.10 bits per heavy atom. The number of carboxylic acids is 1. The number of amides is 1. The Morgan fingerprint density at radius 3 is 2.75 bits per heavy atom. The highest BCUT2D eigenvalue weighted by Gasteiger charge is 2.39. The third kappa shape index (κ3) is 3.86. The average molecular weight is 302 g/mol. The van der Waals surface area contributed by atoms with Gasteiger partial charge in [-0.1, -0.05) is 0 Å². The molecule has 6 nitrogen and oxygen atoms in total. The molecule has 0 aromatic carbocycles. The van der Waals surface area contributed by atoms with Crippen molar-refractivity contribution >= 4 is 23.6 Å². The summed E-state index contributed by atoms with van der Waals surface area (Å²) < 4.78 is 5.70. The molecule has 0 aromatic rings. The van der Waals surface area contributed by atoms with Crippen molar-refractivity contribution < 1.29 is 19.4 Å². The molecule has 1 amide bonds. The van der Waals surface area contributed by atoms with Crippen LogP contribution in [-0.2, 0) is 14.3 Å². The largest absolute Gasteiger partial charge is 0.480 e. The van der Waals surface area contributed by atoms with E-state index in [0.29, 0.717) is 12.4 Å². The lowest BCUT2D eigenvalue weighted by Gasteiger charge is -2.26. The predicted molar refractivity (Wildman–Crippen MR) is 76.7 cm³/mol. The maximum Gasteiger partial charge on any atom is 0.327 e. The fourth-order valence-corrected chi connectivity index (χ4v) is 3.80. The third-order valence-electron chi connectivity index (χ3n) is 3.75. The van der Waals surface area contributed by atoms with Crippen LogP contribution in [0.3, 0.4) is 0 Å². The van der Waals surface area contributed by atoms with Crippen LogP contribution in [0.15, 0.2) is 0 Å². The molecule has 2 unspecified atom stereocenters. The molecule has 2 aliphatic heterocycles. The molecule has 2 aliphatic rings. The lowest BCUT2D eigenvalue weighted by atomic mass is 10.1. The maximum absolute atomic E-state index is 12.2. The van der Waals surface area contributed by atoms with Crippen molar-refractivity contribution in [1.82, 2.24) is 10.2 Å². The fourth-order valence-electron chi connectivity index (χ4n) is 2.62. The van der Waals surface area contributed by atoms with Gasteiger partial charge in [-0.3, -0.25) is 4.79 Å². The van der Waals surface area contributed by atoms with Gasteiger partial charge in [-0.15, -0.1) is 11.8 Å². The normalized spacial score (nSPS) is 27.8. The van der Waals surface area contributed by atoms with Gasteiger partial charge in [0, 0.05) is 5.75 Å². The van der Waals surface area contributed by atoms with Gasteiger partial charge < -0.3 is 20.1 Å². The van der Waals surface area contributed by atoms with Gasteiger partial charge >= 0.3 is 5.97 Å². The van der Waals surface area contributed by atoms with Gasteiger partial charge in [-0.25, -0.2) is 4.79 Å². The number of hydrogen-bond acceptors (Lipinski definition) is 5. The van der Waals surface area contributed by atoms with Gasteiger partial charge in [-0.2, -0.15) is 0 Å². The minimum atomic E-state index is -0.922. The molecule has 0 radical (unpaired) electrons. The first kappa shape index (κ1) is 15.6. The van der Waals surface area contributed by atoms with Crippen LogP contribution in [0.1, 0.15) is 26.2 Å². The number of hydrogen-bond donors (Lipinski definition) is 2. The summed E-state index contributed by atoms with van der Waals surface area (Å²) in [6.07, 6.45) is 2.44. The van der Waals surface area contributed by atoms with Crippen molar-refractivity contribution in [2.75, 3.05) is 25.4 Å². The van der Waals surface area contributed by atoms with Crippen LogP contribution in [0, 0.1) is 0 Å². The summed E-state index contributed by atoms with van der Waals surface area (Å²) >= 11 is 1.51. The second kappa shape index (κ2) is 7.28. The molecule has 0 spiro atoms. The van der Waals surface area contributed by atoms with Crippen LogP contribution in [0.4, 0.5) is 0 Å². The molecule has 0 aliphatic carbocycles. The van der Waals surface area contributed by atoms with Crippen molar-refractivity contribution in [3.05, 3.63) is 0 Å². The van der Waals surface area contributed by atoms with Crippen LogP contribution in [0.25, 0.3) is 0 Å². The van der Waals surface area contributed by atoms with E-state index < -0.39 is 12.0 Å². The molecule has 2 atom stereocenters. The van der Waals surface area contributed by atoms with E-state index in [-0.39, 0.29) is 23.8 Å². The number of aliphatic carboxylic acids is 1. The number of carbonyl (C=O) groups excluding carboxylic acids is 1. The van der Waals surface area contributed by atoms with Crippen LogP contribution < -0.4 is 5.32 Å². The number of carbonyl (C=O) groups is 2. The van der Waals surface area contributed by atoms with Crippen LogP contribution in [0.2, 0.25) is 0 Å². The number of thioether (sulfide) groups is 1. The Bertz CT molecular complexity index is 360. The van der Waals surface area contributed by atoms with Crippen molar-refractivity contribution in [3.63, 3.8) is 0 Å². The summed E-state index contributed by atoms with van der Waals surface area (Å²) in [6, 6.07) is -0.693. The van der Waals surface area contributed by atoms with Crippen molar-refractivity contribution in [3.8, 4) is 0 Å². The molecule has 114 valence electrons. The summed E-state index contributed by atoms with van der Waals surface area (Å²) in [6.45, 7) is 4.17. The minimum Gasteiger partial charge on any atom is -0.480 e. The maximum atomic E-state index is 12.2. The summed E-state index contributed by atoms with van der Waals surface area (Å²) in [5, 5.41) is 12.3. The molecular formula is C13H22N2O4S. The molecule has 2 rings (SSSR count). The molecule has 7 heteroatoms. The molecule has 2 N–H and O–H groups in total. The van der Waals surface area contributed by atoms with E-state index in [4.69, 9.17) is 9.84 Å². The minimum absolute atomic E-state index is 0.0671. The van der Waals surface area contributed by atoms with E-state index in [2.05, 4.69) is 5.32 Å². The second-order valence-electron chi connectivity index (χ2n) is 5.16. The van der Waals surface area contributed by atoms with Crippen LogP contribution in [0.5, 0.6) is 0 Å². The molecule has 2 fully saturated rings. The fraction of sp³-hybridized carbons (Fsp3) is 0.846. The van der Waals surface area contributed by atoms with Gasteiger partial charge in [0.05, 0.1) is 24.5 Å². The zero-order chi connectivity index (χ0) is 14.5. The molecule has 0 bridgehead atoms. The van der Waals surface area contributed by atoms with Crippen molar-refractivity contribution in [2.45, 2.75) is 43.7 Å². The first-order valence-corrected chi connectivity index (χ1v) is 8.12. The highest BCUT2D eigenvalue weighted by molar-refractivity contribution is 8.00. The highest BCUT2D eigenvalue weighted by Crippen LogP contribution is 2.29. The zero-order valence-electron chi connectivity index (χ0n) is 11.7. The van der Waals surface area contributed by atoms with Crippen LogP contribution in [-0.4, -0.2) is 64.9 Å². The van der Waals surface area contributed by atoms with Gasteiger partial charge in [0.25, 0.3) is 0 Å². The number of rotatable bonds is 5. The summed E-state index contributed by atoms with van der Waals surface area (Å²) in [5.41, 5.74) is 0. The molecule has 2 saturated heterocycles. The summed E-state index contributed by atoms with van der Waals surface area (Å²) in [7, 11) is 0. The van der Waals surface area contributed by atoms with E-state index in [1.807, 2.05) is 6.92 Å². The van der Waals surface area contributed by atoms with E-state index in [1.165, 1.54) is 16.7 Å². The molecule has 20 heavy (non-hydrogen) atoms.